The van der Waals surface area contributed by atoms with Gasteiger partial charge in [-0.25, -0.2) is 0 Å². The Labute approximate surface area is 190 Å². The van der Waals surface area contributed by atoms with Gasteiger partial charge in [0, 0.05) is 49.4 Å². The highest BCUT2D eigenvalue weighted by molar-refractivity contribution is 5.96. The maximum absolute atomic E-state index is 12.7. The molecule has 0 spiro atoms. The lowest BCUT2D eigenvalue weighted by atomic mass is 10.0. The van der Waals surface area contributed by atoms with Crippen molar-refractivity contribution in [3.05, 3.63) is 94.5 Å². The molecule has 164 valence electrons. The van der Waals surface area contributed by atoms with Gasteiger partial charge in [-0.1, -0.05) is 42.5 Å². The van der Waals surface area contributed by atoms with Gasteiger partial charge in [-0.3, -0.25) is 14.9 Å². The maximum atomic E-state index is 12.7. The fourth-order valence-corrected chi connectivity index (χ4v) is 4.13. The van der Waals surface area contributed by atoms with E-state index < -0.39 is 4.92 Å². The third-order valence-electron chi connectivity index (χ3n) is 5.93. The Bertz CT molecular complexity index is 1310. The van der Waals surface area contributed by atoms with Crippen LogP contribution < -0.4 is 4.90 Å². The summed E-state index contributed by atoms with van der Waals surface area (Å²) in [4.78, 5) is 26.9. The Balaban J connectivity index is 1.26. The lowest BCUT2D eigenvalue weighted by Gasteiger charge is -2.35. The first-order valence-corrected chi connectivity index (χ1v) is 10.7. The first-order chi connectivity index (χ1) is 16.1. The Morgan fingerprint density at radius 2 is 1.55 bits per heavy atom. The minimum atomic E-state index is -0.473. The van der Waals surface area contributed by atoms with E-state index in [2.05, 4.69) is 39.4 Å². The normalized spacial score (nSPS) is 13.8. The SMILES string of the molecule is O=C(c1ccc([N+](=O)[O-])cc1)N1CCN(c2ccc(-c3cccc4ccccc34)nn2)CC1. The zero-order valence-electron chi connectivity index (χ0n) is 17.8. The van der Waals surface area contributed by atoms with Crippen molar-refractivity contribution in [2.45, 2.75) is 0 Å². The number of benzene rings is 3. The van der Waals surface area contributed by atoms with Gasteiger partial charge in [-0.05, 0) is 35.0 Å². The number of aromatic nitrogens is 2. The van der Waals surface area contributed by atoms with Crippen LogP contribution in [-0.4, -0.2) is 52.1 Å². The molecular formula is C25H21N5O3. The molecule has 1 aliphatic rings. The molecule has 2 heterocycles. The largest absolute Gasteiger partial charge is 0.352 e. The van der Waals surface area contributed by atoms with Gasteiger partial charge in [0.25, 0.3) is 11.6 Å². The number of anilines is 1. The number of carbonyl (C=O) groups excluding carboxylic acids is 1. The van der Waals surface area contributed by atoms with Gasteiger partial charge in [0.1, 0.15) is 0 Å². The first kappa shape index (κ1) is 20.6. The van der Waals surface area contributed by atoms with Crippen LogP contribution in [0, 0.1) is 10.1 Å². The number of hydrogen-bond acceptors (Lipinski definition) is 6. The number of piperazine rings is 1. The summed E-state index contributed by atoms with van der Waals surface area (Å²) in [6, 6.07) is 24.0. The zero-order chi connectivity index (χ0) is 22.8. The topological polar surface area (TPSA) is 92.5 Å². The summed E-state index contributed by atoms with van der Waals surface area (Å²) in [5, 5.41) is 22.0. The minimum absolute atomic E-state index is 0.0260. The van der Waals surface area contributed by atoms with Crippen LogP contribution in [0.2, 0.25) is 0 Å². The Kier molecular flexibility index (Phi) is 5.40. The number of fused-ring (bicyclic) bond motifs is 1. The number of nitro benzene ring substituents is 1. The molecule has 0 atom stereocenters. The Morgan fingerprint density at radius 1 is 0.818 bits per heavy atom. The number of hydrogen-bond donors (Lipinski definition) is 0. The number of non-ortho nitro benzene ring substituents is 1. The molecule has 33 heavy (non-hydrogen) atoms. The van der Waals surface area contributed by atoms with E-state index in [-0.39, 0.29) is 11.6 Å². The van der Waals surface area contributed by atoms with Crippen molar-refractivity contribution >= 4 is 28.2 Å². The highest BCUT2D eigenvalue weighted by Crippen LogP contribution is 2.27. The van der Waals surface area contributed by atoms with Crippen molar-refractivity contribution in [3.8, 4) is 11.3 Å². The quantitative estimate of drug-likeness (QED) is 0.350. The van der Waals surface area contributed by atoms with E-state index in [0.29, 0.717) is 31.7 Å². The van der Waals surface area contributed by atoms with Crippen molar-refractivity contribution in [2.24, 2.45) is 0 Å². The van der Waals surface area contributed by atoms with E-state index in [1.165, 1.54) is 24.3 Å². The van der Waals surface area contributed by atoms with Crippen molar-refractivity contribution in [1.82, 2.24) is 15.1 Å². The highest BCUT2D eigenvalue weighted by Gasteiger charge is 2.23. The molecule has 0 aliphatic carbocycles. The number of rotatable bonds is 4. The van der Waals surface area contributed by atoms with Crippen LogP contribution in [0.4, 0.5) is 11.5 Å². The summed E-state index contributed by atoms with van der Waals surface area (Å²) in [5.41, 5.74) is 2.29. The average Bonchev–Trinajstić information content (AvgIpc) is 2.88. The molecule has 0 bridgehead atoms. The molecule has 1 saturated heterocycles. The molecule has 1 aromatic heterocycles. The van der Waals surface area contributed by atoms with Crippen molar-refractivity contribution in [1.29, 1.82) is 0 Å². The number of amides is 1. The molecule has 0 unspecified atom stereocenters. The highest BCUT2D eigenvalue weighted by atomic mass is 16.6. The fraction of sp³-hybridized carbons (Fsp3) is 0.160. The predicted octanol–water partition coefficient (Wildman–Crippen LogP) is 4.17. The molecule has 4 aromatic rings. The summed E-state index contributed by atoms with van der Waals surface area (Å²) in [6.45, 7) is 2.37. The molecule has 8 heteroatoms. The molecule has 0 radical (unpaired) electrons. The average molecular weight is 439 g/mol. The van der Waals surface area contributed by atoms with Gasteiger partial charge >= 0.3 is 0 Å². The van der Waals surface area contributed by atoms with Crippen molar-refractivity contribution in [2.75, 3.05) is 31.1 Å². The predicted molar refractivity (Wildman–Crippen MR) is 126 cm³/mol. The molecule has 5 rings (SSSR count). The monoisotopic (exact) mass is 439 g/mol. The van der Waals surface area contributed by atoms with Crippen LogP contribution in [0.15, 0.2) is 78.9 Å². The Morgan fingerprint density at radius 3 is 2.24 bits per heavy atom. The second kappa shape index (κ2) is 8.66. The van der Waals surface area contributed by atoms with E-state index >= 15 is 0 Å². The molecule has 0 saturated carbocycles. The molecule has 1 fully saturated rings. The molecule has 3 aromatic carbocycles. The van der Waals surface area contributed by atoms with E-state index in [9.17, 15) is 14.9 Å². The van der Waals surface area contributed by atoms with E-state index in [1.54, 1.807) is 4.90 Å². The van der Waals surface area contributed by atoms with Crippen LogP contribution in [-0.2, 0) is 0 Å². The van der Waals surface area contributed by atoms with Crippen molar-refractivity contribution < 1.29 is 9.72 Å². The number of nitro groups is 1. The number of nitrogens with zero attached hydrogens (tertiary/aromatic N) is 5. The lowest BCUT2D eigenvalue weighted by Crippen LogP contribution is -2.49. The number of carbonyl (C=O) groups is 1. The van der Waals surface area contributed by atoms with Gasteiger partial charge in [-0.2, -0.15) is 0 Å². The van der Waals surface area contributed by atoms with Gasteiger partial charge in [0.15, 0.2) is 5.82 Å². The van der Waals surface area contributed by atoms with E-state index in [4.69, 9.17) is 0 Å². The molecule has 0 N–H and O–H groups in total. The third-order valence-corrected chi connectivity index (χ3v) is 5.93. The van der Waals surface area contributed by atoms with Gasteiger partial charge in [0.05, 0.1) is 10.6 Å². The smallest absolute Gasteiger partial charge is 0.269 e. The molecule has 1 aliphatic heterocycles. The second-order valence-corrected chi connectivity index (χ2v) is 7.89. The molecular weight excluding hydrogens is 418 g/mol. The van der Waals surface area contributed by atoms with Gasteiger partial charge < -0.3 is 9.80 Å². The fourth-order valence-electron chi connectivity index (χ4n) is 4.13. The van der Waals surface area contributed by atoms with Crippen molar-refractivity contribution in [3.63, 3.8) is 0 Å². The zero-order valence-corrected chi connectivity index (χ0v) is 17.8. The summed E-state index contributed by atoms with van der Waals surface area (Å²) in [6.07, 6.45) is 0. The van der Waals surface area contributed by atoms with Crippen LogP contribution >= 0.6 is 0 Å². The third kappa shape index (κ3) is 4.10. The second-order valence-electron chi connectivity index (χ2n) is 7.89. The van der Waals surface area contributed by atoms with E-state index in [0.717, 1.165) is 27.8 Å². The summed E-state index contributed by atoms with van der Waals surface area (Å²) in [7, 11) is 0. The minimum Gasteiger partial charge on any atom is -0.352 e. The van der Waals surface area contributed by atoms with Crippen LogP contribution in [0.3, 0.4) is 0 Å². The molecule has 1 amide bonds. The summed E-state index contributed by atoms with van der Waals surface area (Å²) in [5.74, 6) is 0.656. The summed E-state index contributed by atoms with van der Waals surface area (Å²) >= 11 is 0. The summed E-state index contributed by atoms with van der Waals surface area (Å²) < 4.78 is 0. The van der Waals surface area contributed by atoms with Crippen LogP contribution in [0.25, 0.3) is 22.0 Å². The molecule has 8 nitrogen and oxygen atoms in total. The lowest BCUT2D eigenvalue weighted by molar-refractivity contribution is -0.384. The van der Waals surface area contributed by atoms with Gasteiger partial charge in [0.2, 0.25) is 0 Å². The van der Waals surface area contributed by atoms with E-state index in [1.807, 2.05) is 30.3 Å². The van der Waals surface area contributed by atoms with Crippen LogP contribution in [0.1, 0.15) is 10.4 Å². The van der Waals surface area contributed by atoms with Gasteiger partial charge in [-0.15, -0.1) is 10.2 Å². The first-order valence-electron chi connectivity index (χ1n) is 10.7. The standard InChI is InChI=1S/C25H21N5O3/c31-25(19-8-10-20(11-9-19)30(32)33)29-16-14-28(15-17-29)24-13-12-23(26-27-24)22-7-3-5-18-4-1-2-6-21(18)22/h1-13H,14-17H2. The van der Waals surface area contributed by atoms with Crippen LogP contribution in [0.5, 0.6) is 0 Å². The Hall–Kier alpha value is -4.33. The maximum Gasteiger partial charge on any atom is 0.269 e.